The van der Waals surface area contributed by atoms with Crippen molar-refractivity contribution in [2.45, 2.75) is 39.3 Å². The minimum absolute atomic E-state index is 0.487. The van der Waals surface area contributed by atoms with Gasteiger partial charge in [-0.3, -0.25) is 4.98 Å². The lowest BCUT2D eigenvalue weighted by molar-refractivity contribution is -0.109. The Morgan fingerprint density at radius 3 is 2.56 bits per heavy atom. The molecule has 1 heterocycles. The molecule has 0 fully saturated rings. The molecule has 5 nitrogen and oxygen atoms in total. The summed E-state index contributed by atoms with van der Waals surface area (Å²) < 4.78 is 5.08. The molecule has 5 heteroatoms. The molecule has 1 N–H and O–H groups in total. The van der Waals surface area contributed by atoms with E-state index in [1.54, 1.807) is 33.0 Å². The average molecular weight is 250 g/mol. The predicted molar refractivity (Wildman–Crippen MR) is 67.1 cm³/mol. The van der Waals surface area contributed by atoms with Gasteiger partial charge in [-0.1, -0.05) is 6.07 Å². The van der Waals surface area contributed by atoms with Gasteiger partial charge in [0.05, 0.1) is 5.69 Å². The van der Waals surface area contributed by atoms with Crippen LogP contribution >= 0.6 is 0 Å². The topological polar surface area (TPSA) is 68.3 Å². The van der Waals surface area contributed by atoms with Crippen LogP contribution in [0, 0.1) is 6.92 Å². The summed E-state index contributed by atoms with van der Waals surface area (Å²) in [4.78, 5) is 26.6. The van der Waals surface area contributed by atoms with Crippen molar-refractivity contribution >= 4 is 12.4 Å². The average Bonchev–Trinajstić information content (AvgIpc) is 2.25. The number of hydrogen-bond acceptors (Lipinski definition) is 4. The van der Waals surface area contributed by atoms with Crippen molar-refractivity contribution in [2.24, 2.45) is 0 Å². The minimum atomic E-state index is -0.791. The van der Waals surface area contributed by atoms with E-state index in [0.29, 0.717) is 12.0 Å². The first kappa shape index (κ1) is 14.2. The summed E-state index contributed by atoms with van der Waals surface area (Å²) in [5.41, 5.74) is 0.875. The molecule has 1 amide bonds. The highest BCUT2D eigenvalue weighted by molar-refractivity contribution is 5.74. The molecule has 0 aromatic carbocycles. The highest BCUT2D eigenvalue weighted by Crippen LogP contribution is 2.11. The Balaban J connectivity index is 2.71. The van der Waals surface area contributed by atoms with Gasteiger partial charge < -0.3 is 14.8 Å². The van der Waals surface area contributed by atoms with Crippen molar-refractivity contribution in [3.05, 3.63) is 29.6 Å². The van der Waals surface area contributed by atoms with Crippen molar-refractivity contribution in [1.82, 2.24) is 10.3 Å². The first-order valence-corrected chi connectivity index (χ1v) is 5.69. The number of nitrogens with one attached hydrogen (secondary N) is 1. The zero-order valence-corrected chi connectivity index (χ0v) is 11.1. The van der Waals surface area contributed by atoms with E-state index in [-0.39, 0.29) is 0 Å². The summed E-state index contributed by atoms with van der Waals surface area (Å²) in [6.45, 7) is 7.17. The van der Waals surface area contributed by atoms with E-state index in [0.717, 1.165) is 5.56 Å². The lowest BCUT2D eigenvalue weighted by atomic mass is 10.2. The molecule has 18 heavy (non-hydrogen) atoms. The fraction of sp³-hybridized carbons (Fsp3) is 0.462. The highest BCUT2D eigenvalue weighted by atomic mass is 16.6. The number of aromatic nitrogens is 1. The molecule has 0 aliphatic carbocycles. The lowest BCUT2D eigenvalue weighted by Gasteiger charge is -2.21. The van der Waals surface area contributed by atoms with Crippen LogP contribution in [0.15, 0.2) is 18.3 Å². The second kappa shape index (κ2) is 5.62. The molecule has 0 saturated carbocycles. The first-order valence-electron chi connectivity index (χ1n) is 5.69. The van der Waals surface area contributed by atoms with E-state index in [1.165, 1.54) is 0 Å². The van der Waals surface area contributed by atoms with Gasteiger partial charge >= 0.3 is 6.09 Å². The molecule has 98 valence electrons. The molecule has 0 saturated heterocycles. The molecule has 1 atom stereocenters. The highest BCUT2D eigenvalue weighted by Gasteiger charge is 2.20. The number of aryl methyl sites for hydroxylation is 1. The zero-order valence-electron chi connectivity index (χ0n) is 11.1. The second-order valence-electron chi connectivity index (χ2n) is 5.02. The number of rotatable bonds is 3. The van der Waals surface area contributed by atoms with E-state index in [9.17, 15) is 9.59 Å². The molecule has 0 spiro atoms. The normalized spacial score (nSPS) is 12.7. The Hall–Kier alpha value is -1.91. The third-order valence-electron chi connectivity index (χ3n) is 2.06. The molecule has 0 aliphatic heterocycles. The molecule has 0 radical (unpaired) electrons. The lowest BCUT2D eigenvalue weighted by Crippen LogP contribution is -2.35. The maximum absolute atomic E-state index is 11.5. The fourth-order valence-electron chi connectivity index (χ4n) is 1.28. The van der Waals surface area contributed by atoms with Crippen LogP contribution in [-0.4, -0.2) is 23.0 Å². The van der Waals surface area contributed by atoms with Crippen molar-refractivity contribution in [3.63, 3.8) is 0 Å². The Labute approximate surface area is 107 Å². The molecular formula is C13H18N2O3. The largest absolute Gasteiger partial charge is 0.444 e. The van der Waals surface area contributed by atoms with E-state index >= 15 is 0 Å². The number of amides is 1. The van der Waals surface area contributed by atoms with E-state index in [2.05, 4.69) is 10.3 Å². The van der Waals surface area contributed by atoms with Crippen LogP contribution in [0.3, 0.4) is 0 Å². The molecular weight excluding hydrogens is 232 g/mol. The number of alkyl carbamates (subject to hydrolysis) is 1. The fourth-order valence-corrected chi connectivity index (χ4v) is 1.28. The summed E-state index contributed by atoms with van der Waals surface area (Å²) in [5, 5.41) is 2.47. The van der Waals surface area contributed by atoms with E-state index in [1.807, 2.05) is 13.0 Å². The smallest absolute Gasteiger partial charge is 0.408 e. The van der Waals surface area contributed by atoms with E-state index < -0.39 is 17.7 Å². The van der Waals surface area contributed by atoms with Gasteiger partial charge in [0.25, 0.3) is 0 Å². The van der Waals surface area contributed by atoms with E-state index in [4.69, 9.17) is 4.74 Å². The third kappa shape index (κ3) is 4.53. The quantitative estimate of drug-likeness (QED) is 0.835. The van der Waals surface area contributed by atoms with Gasteiger partial charge in [-0.15, -0.1) is 0 Å². The molecule has 0 bridgehead atoms. The maximum atomic E-state index is 11.5. The zero-order chi connectivity index (χ0) is 13.8. The van der Waals surface area contributed by atoms with Gasteiger partial charge in [-0.2, -0.15) is 0 Å². The monoisotopic (exact) mass is 250 g/mol. The van der Waals surface area contributed by atoms with Gasteiger partial charge in [0, 0.05) is 6.20 Å². The summed E-state index contributed by atoms with van der Waals surface area (Å²) in [6.07, 6.45) is 1.63. The Bertz CT molecular complexity index is 421. The molecule has 0 aliphatic rings. The number of ether oxygens (including phenoxy) is 1. The SMILES string of the molecule is Cc1ccc(C(C=O)NC(=O)OC(C)(C)C)nc1. The van der Waals surface area contributed by atoms with Crippen LogP contribution in [-0.2, 0) is 9.53 Å². The number of pyridine rings is 1. The third-order valence-corrected chi connectivity index (χ3v) is 2.06. The van der Waals surface area contributed by atoms with Crippen LogP contribution in [0.4, 0.5) is 4.79 Å². The Kier molecular flexibility index (Phi) is 4.42. The summed E-state index contributed by atoms with van der Waals surface area (Å²) in [7, 11) is 0. The predicted octanol–water partition coefficient (Wildman–Crippen LogP) is 2.15. The molecule has 1 unspecified atom stereocenters. The second-order valence-corrected chi connectivity index (χ2v) is 5.02. The molecule has 1 aromatic rings. The standard InChI is InChI=1S/C13H18N2O3/c1-9-5-6-10(14-7-9)11(8-16)15-12(17)18-13(2,3)4/h5-8,11H,1-4H3,(H,15,17). The van der Waals surface area contributed by atoms with Gasteiger partial charge in [0.15, 0.2) is 0 Å². The molecule has 1 rings (SSSR count). The van der Waals surface area contributed by atoms with Crippen LogP contribution in [0.25, 0.3) is 0 Å². The number of nitrogens with zero attached hydrogens (tertiary/aromatic N) is 1. The van der Waals surface area contributed by atoms with Crippen LogP contribution in [0.5, 0.6) is 0 Å². The minimum Gasteiger partial charge on any atom is -0.444 e. The number of carbonyl (C=O) groups excluding carboxylic acids is 2. The number of aldehydes is 1. The summed E-state index contributed by atoms with van der Waals surface area (Å²) in [5.74, 6) is 0. The van der Waals surface area contributed by atoms with Gasteiger partial charge in [0.1, 0.15) is 17.9 Å². The van der Waals surface area contributed by atoms with Gasteiger partial charge in [-0.05, 0) is 39.3 Å². The van der Waals surface area contributed by atoms with Crippen molar-refractivity contribution in [2.75, 3.05) is 0 Å². The van der Waals surface area contributed by atoms with Crippen LogP contribution < -0.4 is 5.32 Å². The van der Waals surface area contributed by atoms with Crippen LogP contribution in [0.1, 0.15) is 38.1 Å². The van der Waals surface area contributed by atoms with Gasteiger partial charge in [0.2, 0.25) is 0 Å². The number of carbonyl (C=O) groups is 2. The number of hydrogen-bond donors (Lipinski definition) is 1. The maximum Gasteiger partial charge on any atom is 0.408 e. The van der Waals surface area contributed by atoms with Crippen LogP contribution in [0.2, 0.25) is 0 Å². The van der Waals surface area contributed by atoms with Crippen molar-refractivity contribution < 1.29 is 14.3 Å². The summed E-state index contributed by atoms with van der Waals surface area (Å²) in [6, 6.07) is 2.74. The Morgan fingerprint density at radius 2 is 2.11 bits per heavy atom. The molecule has 1 aromatic heterocycles. The Morgan fingerprint density at radius 1 is 1.44 bits per heavy atom. The first-order chi connectivity index (χ1) is 8.31. The van der Waals surface area contributed by atoms with Crippen molar-refractivity contribution in [1.29, 1.82) is 0 Å². The van der Waals surface area contributed by atoms with Crippen molar-refractivity contribution in [3.8, 4) is 0 Å². The summed E-state index contributed by atoms with van der Waals surface area (Å²) >= 11 is 0. The van der Waals surface area contributed by atoms with Gasteiger partial charge in [-0.25, -0.2) is 4.79 Å².